The molecule has 15 heavy (non-hydrogen) atoms. The molecule has 0 heterocycles. The number of hydrogen-bond acceptors (Lipinski definition) is 4. The summed E-state index contributed by atoms with van der Waals surface area (Å²) in [5.41, 5.74) is 0. The molecule has 0 aliphatic rings. The van der Waals surface area contributed by atoms with E-state index in [0.717, 1.165) is 0 Å². The van der Waals surface area contributed by atoms with Gasteiger partial charge in [-0.1, -0.05) is 6.42 Å². The largest absolute Gasteiger partial charge is 0.383 e. The van der Waals surface area contributed by atoms with Crippen molar-refractivity contribution in [3.8, 4) is 0 Å². The van der Waals surface area contributed by atoms with Gasteiger partial charge in [0.25, 0.3) is 0 Å². The molecule has 6 nitrogen and oxygen atoms in total. The highest BCUT2D eigenvalue weighted by Crippen LogP contribution is 2.51. The van der Waals surface area contributed by atoms with Crippen LogP contribution >= 0.6 is 36.4 Å². The first kappa shape index (κ1) is 16.0. The molecule has 0 spiro atoms. The minimum absolute atomic E-state index is 0.366. The van der Waals surface area contributed by atoms with Crippen molar-refractivity contribution >= 4 is 36.4 Å². The number of unbranched alkanes of at least 4 members (excludes halogenated alkanes) is 2. The monoisotopic (exact) mass is 296 g/mol. The molecule has 92 valence electrons. The molecule has 0 atom stereocenters. The van der Waals surface area contributed by atoms with Gasteiger partial charge < -0.3 is 19.6 Å². The van der Waals surface area contributed by atoms with E-state index in [2.05, 4.69) is 0 Å². The Kier molecular flexibility index (Phi) is 7.84. The van der Waals surface area contributed by atoms with E-state index >= 15 is 0 Å². The van der Waals surface area contributed by atoms with Crippen LogP contribution in [0.3, 0.4) is 0 Å². The van der Waals surface area contributed by atoms with Crippen molar-refractivity contribution < 1.29 is 28.7 Å². The summed E-state index contributed by atoms with van der Waals surface area (Å²) >= 11 is 1.21. The van der Waals surface area contributed by atoms with Crippen LogP contribution in [0.25, 0.3) is 0 Å². The third kappa shape index (κ3) is 15.0. The molecule has 0 unspecified atom stereocenters. The summed E-state index contributed by atoms with van der Waals surface area (Å²) in [5, 5.41) is 0. The lowest BCUT2D eigenvalue weighted by molar-refractivity contribution is 0.395. The van der Waals surface area contributed by atoms with E-state index in [0.29, 0.717) is 53.5 Å². The predicted molar refractivity (Wildman–Crippen MR) is 62.9 cm³/mol. The third-order valence-corrected chi connectivity index (χ3v) is 6.04. The van der Waals surface area contributed by atoms with Gasteiger partial charge >= 0.3 is 13.6 Å². The van der Waals surface area contributed by atoms with E-state index in [-0.39, 0.29) is 0 Å². The number of hydrogen-bond donors (Lipinski definition) is 4. The molecule has 10 heteroatoms. The average Bonchev–Trinajstić information content (AvgIpc) is 1.98. The van der Waals surface area contributed by atoms with Gasteiger partial charge in [0.2, 0.25) is 0 Å². The molecule has 0 amide bonds. The Hall–Kier alpha value is 1.000. The molecule has 0 aliphatic carbocycles. The van der Waals surface area contributed by atoms with Crippen molar-refractivity contribution in [1.82, 2.24) is 0 Å². The maximum atomic E-state index is 10.4. The molecule has 0 aliphatic heterocycles. The van der Waals surface area contributed by atoms with Crippen LogP contribution in [0.5, 0.6) is 0 Å². The van der Waals surface area contributed by atoms with Crippen LogP contribution in [-0.2, 0) is 9.13 Å². The van der Waals surface area contributed by atoms with Crippen molar-refractivity contribution in [2.24, 2.45) is 0 Å². The molecule has 0 aromatic carbocycles. The maximum Gasteiger partial charge on any atom is 0.383 e. The van der Waals surface area contributed by atoms with Gasteiger partial charge in [0.15, 0.2) is 0 Å². The standard InChI is InChI=1S/C5H14O6P2S2/c6-12(7,8)14-4-2-1-3-5-15-13(9,10)11/h1-5H2,(H2,6,7,8)(H2,9,10,11). The van der Waals surface area contributed by atoms with Gasteiger partial charge in [-0.2, -0.15) is 0 Å². The van der Waals surface area contributed by atoms with Crippen molar-refractivity contribution in [2.75, 3.05) is 11.5 Å². The lowest BCUT2D eigenvalue weighted by Gasteiger charge is -2.04. The summed E-state index contributed by atoms with van der Waals surface area (Å²) in [6.07, 6.45) is 1.98. The first-order valence-corrected chi connectivity index (χ1v) is 10.5. The molecule has 4 N–H and O–H groups in total. The zero-order valence-corrected chi connectivity index (χ0v) is 11.3. The molecule has 0 rings (SSSR count). The van der Waals surface area contributed by atoms with Gasteiger partial charge in [0, 0.05) is 11.5 Å². The van der Waals surface area contributed by atoms with Crippen LogP contribution in [-0.4, -0.2) is 31.1 Å². The predicted octanol–water partition coefficient (Wildman–Crippen LogP) is 1.81. The van der Waals surface area contributed by atoms with E-state index in [1.54, 1.807) is 0 Å². The summed E-state index contributed by atoms with van der Waals surface area (Å²) in [6, 6.07) is 0. The van der Waals surface area contributed by atoms with Crippen LogP contribution in [0.2, 0.25) is 0 Å². The zero-order valence-electron chi connectivity index (χ0n) is 7.85. The summed E-state index contributed by atoms with van der Waals surface area (Å²) < 4.78 is 20.8. The smallest absolute Gasteiger partial charge is 0.317 e. The van der Waals surface area contributed by atoms with E-state index < -0.39 is 13.6 Å². The van der Waals surface area contributed by atoms with Gasteiger partial charge in [0.05, 0.1) is 0 Å². The van der Waals surface area contributed by atoms with Gasteiger partial charge in [-0.25, -0.2) is 9.13 Å². The minimum Gasteiger partial charge on any atom is -0.317 e. The van der Waals surface area contributed by atoms with E-state index in [4.69, 9.17) is 19.6 Å². The van der Waals surface area contributed by atoms with Crippen molar-refractivity contribution in [3.05, 3.63) is 0 Å². The SMILES string of the molecule is O=P(O)(O)SCCCCCSP(=O)(O)O. The Morgan fingerprint density at radius 3 is 1.33 bits per heavy atom. The van der Waals surface area contributed by atoms with Crippen molar-refractivity contribution in [3.63, 3.8) is 0 Å². The fraction of sp³-hybridized carbons (Fsp3) is 1.00. The van der Waals surface area contributed by atoms with E-state index in [9.17, 15) is 9.13 Å². The molecule has 0 fully saturated rings. The van der Waals surface area contributed by atoms with Crippen LogP contribution < -0.4 is 0 Å². The second kappa shape index (κ2) is 7.35. The topological polar surface area (TPSA) is 115 Å². The molecule has 0 aromatic rings. The average molecular weight is 296 g/mol. The molecule has 0 bridgehead atoms. The van der Waals surface area contributed by atoms with Crippen molar-refractivity contribution in [2.45, 2.75) is 19.3 Å². The summed E-state index contributed by atoms with van der Waals surface area (Å²) in [6.45, 7) is -7.92. The number of rotatable bonds is 8. The lowest BCUT2D eigenvalue weighted by atomic mass is 10.3. The summed E-state index contributed by atoms with van der Waals surface area (Å²) in [7, 11) is 0. The fourth-order valence-electron chi connectivity index (χ4n) is 0.748. The zero-order chi connectivity index (χ0) is 11.9. The van der Waals surface area contributed by atoms with Crippen LogP contribution in [0.15, 0.2) is 0 Å². The van der Waals surface area contributed by atoms with E-state index in [1.807, 2.05) is 0 Å². The molecule has 0 aromatic heterocycles. The maximum absolute atomic E-state index is 10.4. The third-order valence-electron chi connectivity index (χ3n) is 1.31. The molecular weight excluding hydrogens is 282 g/mol. The Morgan fingerprint density at radius 2 is 1.07 bits per heavy atom. The normalized spacial score (nSPS) is 13.1. The molecule has 0 saturated carbocycles. The lowest BCUT2D eigenvalue weighted by Crippen LogP contribution is -1.84. The summed E-state index contributed by atoms with van der Waals surface area (Å²) in [4.78, 5) is 34.0. The van der Waals surface area contributed by atoms with Gasteiger partial charge in [-0.05, 0) is 35.6 Å². The second-order valence-corrected chi connectivity index (χ2v) is 10.4. The first-order chi connectivity index (χ1) is 6.71. The highest BCUT2D eigenvalue weighted by molar-refractivity contribution is 8.54. The minimum atomic E-state index is -3.96. The summed E-state index contributed by atoms with van der Waals surface area (Å²) in [5.74, 6) is 0.732. The van der Waals surface area contributed by atoms with Gasteiger partial charge in [0.1, 0.15) is 0 Å². The van der Waals surface area contributed by atoms with E-state index in [1.165, 1.54) is 0 Å². The van der Waals surface area contributed by atoms with Gasteiger partial charge in [-0.3, -0.25) is 0 Å². The van der Waals surface area contributed by atoms with Crippen LogP contribution in [0, 0.1) is 0 Å². The first-order valence-electron chi connectivity index (χ1n) is 4.11. The Morgan fingerprint density at radius 1 is 0.733 bits per heavy atom. The van der Waals surface area contributed by atoms with Gasteiger partial charge in [-0.15, -0.1) is 0 Å². The Bertz CT molecular complexity index is 234. The molecular formula is C5H14O6P2S2. The quantitative estimate of drug-likeness (QED) is 0.396. The fourth-order valence-corrected chi connectivity index (χ4v) is 4.09. The Balaban J connectivity index is 3.27. The van der Waals surface area contributed by atoms with Crippen LogP contribution in [0.1, 0.15) is 19.3 Å². The Labute approximate surface area is 96.0 Å². The van der Waals surface area contributed by atoms with Crippen molar-refractivity contribution in [1.29, 1.82) is 0 Å². The van der Waals surface area contributed by atoms with Crippen LogP contribution in [0.4, 0.5) is 0 Å². The highest BCUT2D eigenvalue weighted by atomic mass is 32.7. The highest BCUT2D eigenvalue weighted by Gasteiger charge is 2.13. The molecule has 0 radical (unpaired) electrons. The second-order valence-electron chi connectivity index (χ2n) is 2.71. The molecule has 0 saturated heterocycles.